The number of aromatic nitrogens is 3. The van der Waals surface area contributed by atoms with E-state index in [1.165, 1.54) is 11.8 Å². The van der Waals surface area contributed by atoms with E-state index in [-0.39, 0.29) is 0 Å². The molecule has 0 saturated heterocycles. The number of aryl methyl sites for hydroxylation is 1. The fourth-order valence-electron chi connectivity index (χ4n) is 1.43. The Morgan fingerprint density at radius 1 is 1.80 bits per heavy atom. The van der Waals surface area contributed by atoms with Gasteiger partial charge in [0.25, 0.3) is 0 Å². The summed E-state index contributed by atoms with van der Waals surface area (Å²) in [5.74, 6) is 0.948. The highest BCUT2D eigenvalue weighted by molar-refractivity contribution is 7.99. The Bertz CT molecular complexity index is 391. The third-order valence-corrected chi connectivity index (χ3v) is 3.87. The predicted octanol–water partition coefficient (Wildman–Crippen LogP) is 0.538. The molecule has 15 heavy (non-hydrogen) atoms. The van der Waals surface area contributed by atoms with Crippen molar-refractivity contribution >= 4 is 11.8 Å². The topological polar surface area (TPSA) is 80.5 Å². The van der Waals surface area contributed by atoms with Crippen molar-refractivity contribution in [3.63, 3.8) is 0 Å². The summed E-state index contributed by atoms with van der Waals surface area (Å²) in [6.07, 6.45) is 3.79. The molecule has 1 saturated carbocycles. The van der Waals surface area contributed by atoms with Gasteiger partial charge in [0.15, 0.2) is 5.16 Å². The van der Waals surface area contributed by atoms with Gasteiger partial charge in [-0.3, -0.25) is 0 Å². The molecule has 1 unspecified atom stereocenters. The Hall–Kier alpha value is -1.06. The van der Waals surface area contributed by atoms with E-state index in [1.54, 1.807) is 6.33 Å². The van der Waals surface area contributed by atoms with Gasteiger partial charge in [0.2, 0.25) is 0 Å². The highest BCUT2D eigenvalue weighted by atomic mass is 32.2. The molecule has 1 heterocycles. The van der Waals surface area contributed by atoms with Gasteiger partial charge in [0.05, 0.1) is 6.07 Å². The summed E-state index contributed by atoms with van der Waals surface area (Å²) >= 11 is 1.50. The van der Waals surface area contributed by atoms with Crippen molar-refractivity contribution < 1.29 is 0 Å². The normalized spacial score (nSPS) is 19.5. The van der Waals surface area contributed by atoms with Crippen LogP contribution in [0.4, 0.5) is 0 Å². The lowest BCUT2D eigenvalue weighted by molar-refractivity contribution is 0.531. The van der Waals surface area contributed by atoms with E-state index in [9.17, 15) is 0 Å². The average molecular weight is 223 g/mol. The highest BCUT2D eigenvalue weighted by Gasteiger charge is 2.42. The molecular weight excluding hydrogens is 210 g/mol. The minimum atomic E-state index is -0.698. The molecule has 0 radical (unpaired) electrons. The number of thioether (sulfide) groups is 1. The Labute approximate surface area is 92.7 Å². The number of hydrogen-bond donors (Lipinski definition) is 1. The molecule has 2 rings (SSSR count). The second-order valence-corrected chi connectivity index (χ2v) is 4.88. The van der Waals surface area contributed by atoms with E-state index in [0.717, 1.165) is 18.0 Å². The Balaban J connectivity index is 1.98. The van der Waals surface area contributed by atoms with E-state index in [0.29, 0.717) is 11.7 Å². The van der Waals surface area contributed by atoms with Gasteiger partial charge >= 0.3 is 0 Å². The van der Waals surface area contributed by atoms with Gasteiger partial charge in [-0.05, 0) is 18.8 Å². The van der Waals surface area contributed by atoms with E-state index in [4.69, 9.17) is 11.0 Å². The van der Waals surface area contributed by atoms with Crippen LogP contribution in [-0.2, 0) is 7.05 Å². The smallest absolute Gasteiger partial charge is 0.190 e. The monoisotopic (exact) mass is 223 g/mol. The van der Waals surface area contributed by atoms with Crippen LogP contribution in [-0.4, -0.2) is 26.1 Å². The summed E-state index contributed by atoms with van der Waals surface area (Å²) in [5.41, 5.74) is 5.33. The number of nitrogens with zero attached hydrogens (tertiary/aromatic N) is 4. The Kier molecular flexibility index (Phi) is 2.67. The zero-order valence-electron chi connectivity index (χ0n) is 8.55. The maximum atomic E-state index is 9.06. The number of nitrogens with two attached hydrogens (primary N) is 1. The second kappa shape index (κ2) is 3.83. The minimum Gasteiger partial charge on any atom is -0.312 e. The van der Waals surface area contributed by atoms with E-state index in [2.05, 4.69) is 16.3 Å². The van der Waals surface area contributed by atoms with Crippen LogP contribution in [0.3, 0.4) is 0 Å². The van der Waals surface area contributed by atoms with Crippen molar-refractivity contribution in [1.82, 2.24) is 14.8 Å². The van der Waals surface area contributed by atoms with Crippen molar-refractivity contribution in [1.29, 1.82) is 5.26 Å². The zero-order valence-corrected chi connectivity index (χ0v) is 9.37. The zero-order chi connectivity index (χ0) is 10.9. The van der Waals surface area contributed by atoms with Gasteiger partial charge in [-0.1, -0.05) is 11.8 Å². The second-order valence-electron chi connectivity index (χ2n) is 3.94. The molecule has 0 amide bonds. The van der Waals surface area contributed by atoms with Crippen molar-refractivity contribution in [2.24, 2.45) is 18.7 Å². The van der Waals surface area contributed by atoms with Crippen molar-refractivity contribution in [3.8, 4) is 6.07 Å². The molecular formula is C9H13N5S. The predicted molar refractivity (Wildman–Crippen MR) is 57.0 cm³/mol. The first-order valence-electron chi connectivity index (χ1n) is 4.82. The van der Waals surface area contributed by atoms with Crippen LogP contribution in [0.2, 0.25) is 0 Å². The standard InChI is InChI=1S/C9H13N5S/c1-14-6-12-13-8(14)15-5-9(11,4-10)7-2-3-7/h6-7H,2-3,5,11H2,1H3. The number of hydrogen-bond acceptors (Lipinski definition) is 5. The molecule has 1 aliphatic carbocycles. The molecule has 1 aliphatic rings. The summed E-state index contributed by atoms with van der Waals surface area (Å²) in [7, 11) is 1.88. The van der Waals surface area contributed by atoms with Gasteiger partial charge < -0.3 is 10.3 Å². The molecule has 0 spiro atoms. The van der Waals surface area contributed by atoms with Crippen LogP contribution in [0.25, 0.3) is 0 Å². The SMILES string of the molecule is Cn1cnnc1SCC(N)(C#N)C1CC1. The molecule has 1 fully saturated rings. The van der Waals surface area contributed by atoms with Crippen LogP contribution in [0.5, 0.6) is 0 Å². The lowest BCUT2D eigenvalue weighted by Crippen LogP contribution is -2.43. The lowest BCUT2D eigenvalue weighted by Gasteiger charge is -2.19. The largest absolute Gasteiger partial charge is 0.312 e. The van der Waals surface area contributed by atoms with Crippen LogP contribution < -0.4 is 5.73 Å². The first kappa shape index (κ1) is 10.5. The van der Waals surface area contributed by atoms with E-state index < -0.39 is 5.54 Å². The maximum absolute atomic E-state index is 9.06. The molecule has 0 aliphatic heterocycles. The first-order chi connectivity index (χ1) is 7.15. The Morgan fingerprint density at radius 2 is 2.53 bits per heavy atom. The molecule has 2 N–H and O–H groups in total. The number of nitriles is 1. The van der Waals surface area contributed by atoms with Crippen LogP contribution in [0, 0.1) is 17.2 Å². The summed E-state index contributed by atoms with van der Waals surface area (Å²) in [4.78, 5) is 0. The third-order valence-electron chi connectivity index (χ3n) is 2.62. The van der Waals surface area contributed by atoms with Crippen LogP contribution in [0.1, 0.15) is 12.8 Å². The summed E-state index contributed by atoms with van der Waals surface area (Å²) in [5, 5.41) is 17.6. The molecule has 1 aromatic heterocycles. The maximum Gasteiger partial charge on any atom is 0.190 e. The first-order valence-corrected chi connectivity index (χ1v) is 5.81. The molecule has 0 bridgehead atoms. The molecule has 1 aromatic rings. The van der Waals surface area contributed by atoms with Crippen molar-refractivity contribution in [2.75, 3.05) is 5.75 Å². The fourth-order valence-corrected chi connectivity index (χ4v) is 2.45. The van der Waals surface area contributed by atoms with Gasteiger partial charge in [-0.25, -0.2) is 0 Å². The van der Waals surface area contributed by atoms with Gasteiger partial charge in [0, 0.05) is 12.8 Å². The third kappa shape index (κ3) is 2.13. The number of rotatable bonds is 4. The van der Waals surface area contributed by atoms with Crippen LogP contribution >= 0.6 is 11.8 Å². The summed E-state index contributed by atoms with van der Waals surface area (Å²) < 4.78 is 1.83. The highest BCUT2D eigenvalue weighted by Crippen LogP contribution is 2.40. The minimum absolute atomic E-state index is 0.364. The van der Waals surface area contributed by atoms with Gasteiger partial charge in [-0.15, -0.1) is 10.2 Å². The van der Waals surface area contributed by atoms with Crippen LogP contribution in [0.15, 0.2) is 11.5 Å². The Morgan fingerprint density at radius 3 is 3.00 bits per heavy atom. The quantitative estimate of drug-likeness (QED) is 0.753. The summed E-state index contributed by atoms with van der Waals surface area (Å²) in [6, 6.07) is 2.22. The average Bonchev–Trinajstić information content (AvgIpc) is 3.01. The molecule has 6 heteroatoms. The van der Waals surface area contributed by atoms with Crippen molar-refractivity contribution in [2.45, 2.75) is 23.5 Å². The van der Waals surface area contributed by atoms with Crippen molar-refractivity contribution in [3.05, 3.63) is 6.33 Å². The van der Waals surface area contributed by atoms with Gasteiger partial charge in [-0.2, -0.15) is 5.26 Å². The van der Waals surface area contributed by atoms with Gasteiger partial charge in [0.1, 0.15) is 11.9 Å². The molecule has 1 atom stereocenters. The molecule has 80 valence electrons. The molecule has 0 aromatic carbocycles. The molecule has 5 nitrogen and oxygen atoms in total. The fraction of sp³-hybridized carbons (Fsp3) is 0.667. The summed E-state index contributed by atoms with van der Waals surface area (Å²) in [6.45, 7) is 0. The van der Waals surface area contributed by atoms with E-state index >= 15 is 0 Å². The van der Waals surface area contributed by atoms with E-state index in [1.807, 2.05) is 11.6 Å². The lowest BCUT2D eigenvalue weighted by atomic mass is 10.00.